The number of nitriles is 3. The largest absolute Gasteiger partial charge is 0.203 e. The summed E-state index contributed by atoms with van der Waals surface area (Å²) < 4.78 is 53.4. The Kier molecular flexibility index (Phi) is 3.86. The zero-order valence-electron chi connectivity index (χ0n) is 8.64. The lowest BCUT2D eigenvalue weighted by atomic mass is 9.94. The Morgan fingerprint density at radius 3 is 1.72 bits per heavy atom. The first-order chi connectivity index (χ1) is 8.49. The molecule has 0 radical (unpaired) electrons. The molecule has 1 unspecified atom stereocenters. The quantitative estimate of drug-likeness (QED) is 0.600. The molecule has 1 aromatic carbocycles. The lowest BCUT2D eigenvalue weighted by molar-refractivity contribution is 0.431. The van der Waals surface area contributed by atoms with E-state index in [0.29, 0.717) is 0 Å². The molecule has 1 atom stereocenters. The molecule has 0 amide bonds. The Morgan fingerprint density at radius 1 is 0.889 bits per heavy atom. The number of benzene rings is 1. The molecule has 1 rings (SSSR count). The fourth-order valence-corrected chi connectivity index (χ4v) is 1.36. The first-order valence-electron chi connectivity index (χ1n) is 4.52. The van der Waals surface area contributed by atoms with Crippen molar-refractivity contribution in [3.63, 3.8) is 0 Å². The molecular formula is C11H3F4N3. The summed E-state index contributed by atoms with van der Waals surface area (Å²) in [6.45, 7) is 0. The van der Waals surface area contributed by atoms with Gasteiger partial charge in [0, 0.05) is 5.56 Å². The molecule has 0 saturated heterocycles. The van der Waals surface area contributed by atoms with Crippen LogP contribution in [0.5, 0.6) is 0 Å². The van der Waals surface area contributed by atoms with Gasteiger partial charge in [-0.3, -0.25) is 0 Å². The Bertz CT molecular complexity index is 590. The second kappa shape index (κ2) is 5.16. The first-order valence-corrected chi connectivity index (χ1v) is 4.52. The van der Waals surface area contributed by atoms with Crippen molar-refractivity contribution >= 4 is 0 Å². The fraction of sp³-hybridized carbons (Fsp3) is 0.182. The molecule has 7 heteroatoms. The number of halogens is 4. The summed E-state index contributed by atoms with van der Waals surface area (Å²) in [6, 6.07) is 3.83. The smallest absolute Gasteiger partial charge is 0.180 e. The molecule has 0 saturated carbocycles. The third kappa shape index (κ3) is 1.97. The van der Waals surface area contributed by atoms with Gasteiger partial charge in [0.1, 0.15) is 11.6 Å². The van der Waals surface area contributed by atoms with Gasteiger partial charge in [-0.1, -0.05) is 0 Å². The monoisotopic (exact) mass is 253 g/mol. The highest BCUT2D eigenvalue weighted by molar-refractivity contribution is 5.40. The molecule has 90 valence electrons. The van der Waals surface area contributed by atoms with Gasteiger partial charge in [-0.05, 0) is 0 Å². The predicted molar refractivity (Wildman–Crippen MR) is 49.6 cm³/mol. The summed E-state index contributed by atoms with van der Waals surface area (Å²) in [4.78, 5) is 0. The molecule has 18 heavy (non-hydrogen) atoms. The molecular weight excluding hydrogens is 250 g/mol. The summed E-state index contributed by atoms with van der Waals surface area (Å²) in [5, 5.41) is 25.3. The molecule has 0 spiro atoms. The molecule has 0 aliphatic carbocycles. The standard InChI is InChI=1S/C11H3F4N3/c12-8-6(4-18)9(13)11(15)7(10(8)14)5(3-17)1-2-16/h5H,1H2. The Balaban J connectivity index is 3.64. The second-order valence-corrected chi connectivity index (χ2v) is 3.20. The van der Waals surface area contributed by atoms with E-state index in [2.05, 4.69) is 0 Å². The second-order valence-electron chi connectivity index (χ2n) is 3.20. The summed E-state index contributed by atoms with van der Waals surface area (Å²) in [6.07, 6.45) is -0.630. The number of rotatable bonds is 2. The van der Waals surface area contributed by atoms with Crippen molar-refractivity contribution in [2.75, 3.05) is 0 Å². The van der Waals surface area contributed by atoms with E-state index >= 15 is 0 Å². The molecule has 0 aliphatic rings. The lowest BCUT2D eigenvalue weighted by Crippen LogP contribution is -2.10. The fourth-order valence-electron chi connectivity index (χ4n) is 1.36. The van der Waals surface area contributed by atoms with Crippen molar-refractivity contribution in [1.82, 2.24) is 0 Å². The minimum absolute atomic E-state index is 0.630. The third-order valence-electron chi connectivity index (χ3n) is 2.21. The van der Waals surface area contributed by atoms with Gasteiger partial charge >= 0.3 is 0 Å². The summed E-state index contributed by atoms with van der Waals surface area (Å²) in [5.41, 5.74) is -2.57. The van der Waals surface area contributed by atoms with E-state index in [9.17, 15) is 17.6 Å². The van der Waals surface area contributed by atoms with Gasteiger partial charge in [0.2, 0.25) is 0 Å². The average molecular weight is 253 g/mol. The van der Waals surface area contributed by atoms with Gasteiger partial charge in [0.15, 0.2) is 23.3 Å². The van der Waals surface area contributed by atoms with Crippen molar-refractivity contribution < 1.29 is 17.6 Å². The van der Waals surface area contributed by atoms with Crippen LogP contribution in [0.25, 0.3) is 0 Å². The van der Waals surface area contributed by atoms with Crippen LogP contribution in [0.15, 0.2) is 0 Å². The van der Waals surface area contributed by atoms with Gasteiger partial charge in [-0.25, -0.2) is 17.6 Å². The average Bonchev–Trinajstić information content (AvgIpc) is 2.36. The van der Waals surface area contributed by atoms with Gasteiger partial charge in [-0.2, -0.15) is 15.8 Å². The molecule has 0 fully saturated rings. The number of hydrogen-bond donors (Lipinski definition) is 0. The topological polar surface area (TPSA) is 71.4 Å². The van der Waals surface area contributed by atoms with Crippen LogP contribution in [-0.2, 0) is 0 Å². The maximum absolute atomic E-state index is 13.5. The van der Waals surface area contributed by atoms with E-state index in [1.807, 2.05) is 0 Å². The molecule has 3 nitrogen and oxygen atoms in total. The summed E-state index contributed by atoms with van der Waals surface area (Å²) in [7, 11) is 0. The van der Waals surface area contributed by atoms with Crippen LogP contribution in [0.3, 0.4) is 0 Å². The highest BCUT2D eigenvalue weighted by atomic mass is 19.2. The molecule has 0 bridgehead atoms. The first kappa shape index (κ1) is 13.5. The normalized spacial score (nSPS) is 11.2. The van der Waals surface area contributed by atoms with Crippen molar-refractivity contribution in [1.29, 1.82) is 15.8 Å². The number of nitrogens with zero attached hydrogens (tertiary/aromatic N) is 3. The van der Waals surface area contributed by atoms with E-state index in [1.165, 1.54) is 12.1 Å². The summed E-state index contributed by atoms with van der Waals surface area (Å²) >= 11 is 0. The van der Waals surface area contributed by atoms with Crippen molar-refractivity contribution in [2.24, 2.45) is 0 Å². The molecule has 0 heterocycles. The lowest BCUT2D eigenvalue weighted by Gasteiger charge is -2.10. The highest BCUT2D eigenvalue weighted by Gasteiger charge is 2.30. The van der Waals surface area contributed by atoms with Crippen LogP contribution >= 0.6 is 0 Å². The van der Waals surface area contributed by atoms with Gasteiger partial charge in [0.05, 0.1) is 24.5 Å². The van der Waals surface area contributed by atoms with Crippen LogP contribution in [0, 0.1) is 57.3 Å². The van der Waals surface area contributed by atoms with Crippen LogP contribution in [0.1, 0.15) is 23.5 Å². The third-order valence-corrected chi connectivity index (χ3v) is 2.21. The highest BCUT2D eigenvalue weighted by Crippen LogP contribution is 2.30. The maximum atomic E-state index is 13.5. The summed E-state index contributed by atoms with van der Waals surface area (Å²) in [5.74, 6) is -9.04. The van der Waals surface area contributed by atoms with E-state index in [0.717, 1.165) is 6.07 Å². The molecule has 0 aromatic heterocycles. The minimum Gasteiger partial charge on any atom is -0.203 e. The zero-order valence-corrected chi connectivity index (χ0v) is 8.64. The number of hydrogen-bond acceptors (Lipinski definition) is 3. The van der Waals surface area contributed by atoms with Crippen LogP contribution in [0.2, 0.25) is 0 Å². The van der Waals surface area contributed by atoms with Crippen molar-refractivity contribution in [2.45, 2.75) is 12.3 Å². The maximum Gasteiger partial charge on any atom is 0.180 e. The van der Waals surface area contributed by atoms with Crippen LogP contribution < -0.4 is 0 Å². The molecule has 0 N–H and O–H groups in total. The van der Waals surface area contributed by atoms with Gasteiger partial charge in [0.25, 0.3) is 0 Å². The van der Waals surface area contributed by atoms with Crippen molar-refractivity contribution in [3.8, 4) is 18.2 Å². The molecule has 0 aliphatic heterocycles. The Labute approximate surface area is 99.1 Å². The Hall–Kier alpha value is -2.59. The van der Waals surface area contributed by atoms with E-state index in [1.54, 1.807) is 0 Å². The van der Waals surface area contributed by atoms with Crippen molar-refractivity contribution in [3.05, 3.63) is 34.4 Å². The van der Waals surface area contributed by atoms with Gasteiger partial charge in [-0.15, -0.1) is 0 Å². The SMILES string of the molecule is N#CCC(C#N)c1c(F)c(F)c(C#N)c(F)c1F. The van der Waals surface area contributed by atoms with Gasteiger partial charge < -0.3 is 0 Å². The van der Waals surface area contributed by atoms with E-state index < -0.39 is 46.7 Å². The van der Waals surface area contributed by atoms with E-state index in [4.69, 9.17) is 15.8 Å². The molecule has 1 aromatic rings. The van der Waals surface area contributed by atoms with Crippen LogP contribution in [-0.4, -0.2) is 0 Å². The zero-order chi connectivity index (χ0) is 13.9. The minimum atomic E-state index is -1.87. The van der Waals surface area contributed by atoms with E-state index in [-0.39, 0.29) is 0 Å². The Morgan fingerprint density at radius 2 is 1.39 bits per heavy atom. The van der Waals surface area contributed by atoms with Crippen LogP contribution in [0.4, 0.5) is 17.6 Å². The predicted octanol–water partition coefficient (Wildman–Crippen LogP) is 2.64.